The van der Waals surface area contributed by atoms with E-state index in [0.29, 0.717) is 6.04 Å². The van der Waals surface area contributed by atoms with Gasteiger partial charge in [0.25, 0.3) is 0 Å². The predicted octanol–water partition coefficient (Wildman–Crippen LogP) is 1.91. The van der Waals surface area contributed by atoms with Crippen LogP contribution >= 0.6 is 0 Å². The Morgan fingerprint density at radius 3 is 2.58 bits per heavy atom. The summed E-state index contributed by atoms with van der Waals surface area (Å²) >= 11 is 0. The average molecular weight is 268 g/mol. The molecule has 4 nitrogen and oxygen atoms in total. The summed E-state index contributed by atoms with van der Waals surface area (Å²) in [6.45, 7) is 11.8. The number of ether oxygens (including phenoxy) is 1. The third-order valence-corrected chi connectivity index (χ3v) is 4.00. The van der Waals surface area contributed by atoms with Crippen molar-refractivity contribution in [1.82, 2.24) is 9.80 Å². The Balaban J connectivity index is 2.47. The standard InChI is InChI=1S/C15H28N2O2/c1-5-13(15(18)19-4)8-10-16-11-9-14(12-16)17(6-2)7-3/h8,14H,5-7,9-12H2,1-4H3. The third kappa shape index (κ3) is 4.62. The van der Waals surface area contributed by atoms with Crippen molar-refractivity contribution in [2.45, 2.75) is 39.7 Å². The van der Waals surface area contributed by atoms with E-state index >= 15 is 0 Å². The van der Waals surface area contributed by atoms with Crippen LogP contribution in [0, 0.1) is 0 Å². The van der Waals surface area contributed by atoms with Gasteiger partial charge in [-0.25, -0.2) is 4.79 Å². The topological polar surface area (TPSA) is 32.8 Å². The number of methoxy groups -OCH3 is 1. The molecule has 1 heterocycles. The van der Waals surface area contributed by atoms with Gasteiger partial charge in [-0.1, -0.05) is 26.8 Å². The molecule has 0 bridgehead atoms. The molecule has 4 heteroatoms. The van der Waals surface area contributed by atoms with Crippen LogP contribution in [0.5, 0.6) is 0 Å². The molecule has 0 radical (unpaired) electrons. The number of carbonyl (C=O) groups is 1. The number of likely N-dealkylation sites (tertiary alicyclic amines) is 1. The second kappa shape index (κ2) is 8.33. The van der Waals surface area contributed by atoms with Crippen LogP contribution in [0.3, 0.4) is 0 Å². The van der Waals surface area contributed by atoms with Gasteiger partial charge in [0.05, 0.1) is 7.11 Å². The molecule has 0 spiro atoms. The molecule has 0 aliphatic carbocycles. The van der Waals surface area contributed by atoms with Crippen molar-refractivity contribution in [2.75, 3.05) is 39.8 Å². The molecule has 1 atom stereocenters. The van der Waals surface area contributed by atoms with Crippen LogP contribution in [0.15, 0.2) is 11.6 Å². The highest BCUT2D eigenvalue weighted by molar-refractivity contribution is 5.88. The van der Waals surface area contributed by atoms with E-state index in [1.54, 1.807) is 0 Å². The van der Waals surface area contributed by atoms with Gasteiger partial charge >= 0.3 is 5.97 Å². The summed E-state index contributed by atoms with van der Waals surface area (Å²) < 4.78 is 4.78. The number of esters is 1. The lowest BCUT2D eigenvalue weighted by molar-refractivity contribution is -0.136. The number of nitrogens with zero attached hydrogens (tertiary/aromatic N) is 2. The predicted molar refractivity (Wildman–Crippen MR) is 78.2 cm³/mol. The maximum atomic E-state index is 11.5. The summed E-state index contributed by atoms with van der Waals surface area (Å²) in [6, 6.07) is 0.673. The van der Waals surface area contributed by atoms with Crippen LogP contribution in [0.2, 0.25) is 0 Å². The van der Waals surface area contributed by atoms with Crippen LogP contribution in [0.4, 0.5) is 0 Å². The maximum Gasteiger partial charge on any atom is 0.333 e. The van der Waals surface area contributed by atoms with E-state index in [9.17, 15) is 4.79 Å². The summed E-state index contributed by atoms with van der Waals surface area (Å²) in [5, 5.41) is 0. The molecular formula is C15H28N2O2. The molecule has 1 aliphatic rings. The lowest BCUT2D eigenvalue weighted by Gasteiger charge is -2.26. The van der Waals surface area contributed by atoms with Crippen LogP contribution in [0.1, 0.15) is 33.6 Å². The maximum absolute atomic E-state index is 11.5. The minimum Gasteiger partial charge on any atom is -0.466 e. The summed E-state index contributed by atoms with van der Waals surface area (Å²) in [6.07, 6.45) is 3.99. The molecule has 0 aromatic heterocycles. The number of rotatable bonds is 7. The molecular weight excluding hydrogens is 240 g/mol. The van der Waals surface area contributed by atoms with Crippen LogP contribution in [-0.4, -0.2) is 61.6 Å². The summed E-state index contributed by atoms with van der Waals surface area (Å²) in [4.78, 5) is 16.4. The zero-order valence-corrected chi connectivity index (χ0v) is 12.8. The van der Waals surface area contributed by atoms with Crippen LogP contribution < -0.4 is 0 Å². The molecule has 1 rings (SSSR count). The van der Waals surface area contributed by atoms with Gasteiger partial charge in [-0.3, -0.25) is 9.80 Å². The largest absolute Gasteiger partial charge is 0.466 e. The third-order valence-electron chi connectivity index (χ3n) is 4.00. The molecule has 1 saturated heterocycles. The van der Waals surface area contributed by atoms with Gasteiger partial charge in [0, 0.05) is 31.2 Å². The average Bonchev–Trinajstić information content (AvgIpc) is 2.89. The highest BCUT2D eigenvalue weighted by Gasteiger charge is 2.25. The Hall–Kier alpha value is -0.870. The molecule has 1 fully saturated rings. The number of hydrogen-bond acceptors (Lipinski definition) is 4. The summed E-state index contributed by atoms with van der Waals surface area (Å²) in [5.41, 5.74) is 0.786. The van der Waals surface area contributed by atoms with Gasteiger partial charge in [-0.05, 0) is 25.9 Å². The number of carbonyl (C=O) groups excluding carboxylic acids is 1. The van der Waals surface area contributed by atoms with Gasteiger partial charge in [0.1, 0.15) is 0 Å². The molecule has 19 heavy (non-hydrogen) atoms. The number of hydrogen-bond donors (Lipinski definition) is 0. The zero-order chi connectivity index (χ0) is 14.3. The Labute approximate surface area is 117 Å². The molecule has 0 amide bonds. The molecule has 1 unspecified atom stereocenters. The zero-order valence-electron chi connectivity index (χ0n) is 12.8. The van der Waals surface area contributed by atoms with E-state index < -0.39 is 0 Å². The van der Waals surface area contributed by atoms with E-state index in [-0.39, 0.29) is 5.97 Å². The fraction of sp³-hybridized carbons (Fsp3) is 0.800. The fourth-order valence-electron chi connectivity index (χ4n) is 2.76. The quantitative estimate of drug-likeness (QED) is 0.521. The van der Waals surface area contributed by atoms with Crippen molar-refractivity contribution >= 4 is 5.97 Å². The first-order valence-electron chi connectivity index (χ1n) is 7.39. The monoisotopic (exact) mass is 268 g/mol. The normalized spacial score (nSPS) is 21.1. The second-order valence-electron chi connectivity index (χ2n) is 5.00. The van der Waals surface area contributed by atoms with Crippen LogP contribution in [0.25, 0.3) is 0 Å². The SMILES string of the molecule is CCC(=CCN1CCC(N(CC)CC)C1)C(=O)OC. The lowest BCUT2D eigenvalue weighted by Crippen LogP contribution is -2.37. The van der Waals surface area contributed by atoms with E-state index in [1.165, 1.54) is 13.5 Å². The first-order valence-corrected chi connectivity index (χ1v) is 7.39. The van der Waals surface area contributed by atoms with Gasteiger partial charge in [-0.2, -0.15) is 0 Å². The van der Waals surface area contributed by atoms with Gasteiger partial charge in [0.15, 0.2) is 0 Å². The Bertz CT molecular complexity index is 311. The molecule has 110 valence electrons. The minimum atomic E-state index is -0.193. The van der Waals surface area contributed by atoms with Crippen molar-refractivity contribution in [3.8, 4) is 0 Å². The fourth-order valence-corrected chi connectivity index (χ4v) is 2.76. The summed E-state index contributed by atoms with van der Waals surface area (Å²) in [7, 11) is 1.44. The Morgan fingerprint density at radius 1 is 1.37 bits per heavy atom. The highest BCUT2D eigenvalue weighted by Crippen LogP contribution is 2.15. The molecule has 0 saturated carbocycles. The molecule has 0 aromatic rings. The van der Waals surface area contributed by atoms with Gasteiger partial charge in [0.2, 0.25) is 0 Å². The highest BCUT2D eigenvalue weighted by atomic mass is 16.5. The lowest BCUT2D eigenvalue weighted by atomic mass is 10.2. The smallest absolute Gasteiger partial charge is 0.333 e. The Morgan fingerprint density at radius 2 is 2.05 bits per heavy atom. The summed E-state index contributed by atoms with van der Waals surface area (Å²) in [5.74, 6) is -0.193. The Kier molecular flexibility index (Phi) is 7.10. The first-order chi connectivity index (χ1) is 9.15. The number of likely N-dealkylation sites (N-methyl/N-ethyl adjacent to an activating group) is 1. The van der Waals surface area contributed by atoms with E-state index in [1.807, 2.05) is 13.0 Å². The van der Waals surface area contributed by atoms with E-state index in [0.717, 1.165) is 44.7 Å². The van der Waals surface area contributed by atoms with Crippen molar-refractivity contribution in [2.24, 2.45) is 0 Å². The van der Waals surface area contributed by atoms with Gasteiger partial charge < -0.3 is 4.74 Å². The van der Waals surface area contributed by atoms with Gasteiger partial charge in [-0.15, -0.1) is 0 Å². The van der Waals surface area contributed by atoms with Crippen molar-refractivity contribution in [3.05, 3.63) is 11.6 Å². The van der Waals surface area contributed by atoms with Crippen molar-refractivity contribution < 1.29 is 9.53 Å². The molecule has 0 aromatic carbocycles. The van der Waals surface area contributed by atoms with E-state index in [2.05, 4.69) is 23.6 Å². The van der Waals surface area contributed by atoms with E-state index in [4.69, 9.17) is 4.74 Å². The van der Waals surface area contributed by atoms with Crippen molar-refractivity contribution in [3.63, 3.8) is 0 Å². The second-order valence-corrected chi connectivity index (χ2v) is 5.00. The molecule has 1 aliphatic heterocycles. The van der Waals surface area contributed by atoms with Crippen LogP contribution in [-0.2, 0) is 9.53 Å². The minimum absolute atomic E-state index is 0.193. The van der Waals surface area contributed by atoms with Crippen molar-refractivity contribution in [1.29, 1.82) is 0 Å². The first kappa shape index (κ1) is 16.2. The molecule has 0 N–H and O–H groups in total.